The van der Waals surface area contributed by atoms with E-state index >= 15 is 0 Å². The molecule has 5 fully saturated rings. The SMILES string of the molecule is C[C@H](N1C[C@@H](C(=O)Cl)CC1=O)C12CC3CC(CC(C3)C1)C2. The van der Waals surface area contributed by atoms with Crippen LogP contribution in [0.2, 0.25) is 0 Å². The molecule has 0 radical (unpaired) electrons. The summed E-state index contributed by atoms with van der Waals surface area (Å²) < 4.78 is 0. The van der Waals surface area contributed by atoms with Crippen LogP contribution >= 0.6 is 11.6 Å². The van der Waals surface area contributed by atoms with Gasteiger partial charge in [0.15, 0.2) is 0 Å². The van der Waals surface area contributed by atoms with Gasteiger partial charge < -0.3 is 4.90 Å². The van der Waals surface area contributed by atoms with Crippen molar-refractivity contribution in [1.82, 2.24) is 4.90 Å². The molecule has 116 valence electrons. The van der Waals surface area contributed by atoms with Crippen LogP contribution in [-0.2, 0) is 9.59 Å². The Morgan fingerprint density at radius 3 is 2.14 bits per heavy atom. The molecule has 3 nitrogen and oxygen atoms in total. The molecule has 1 saturated heterocycles. The summed E-state index contributed by atoms with van der Waals surface area (Å²) in [4.78, 5) is 25.7. The predicted molar refractivity (Wildman–Crippen MR) is 80.7 cm³/mol. The first-order valence-corrected chi connectivity index (χ1v) is 8.83. The summed E-state index contributed by atoms with van der Waals surface area (Å²) in [5.41, 5.74) is 0.328. The monoisotopic (exact) mass is 309 g/mol. The van der Waals surface area contributed by atoms with Crippen molar-refractivity contribution >= 4 is 22.8 Å². The molecule has 5 aliphatic rings. The topological polar surface area (TPSA) is 37.4 Å². The lowest BCUT2D eigenvalue weighted by atomic mass is 9.47. The smallest absolute Gasteiger partial charge is 0.227 e. The number of rotatable bonds is 3. The Morgan fingerprint density at radius 1 is 1.19 bits per heavy atom. The molecule has 1 amide bonds. The average Bonchev–Trinajstić information content (AvgIpc) is 2.78. The molecule has 1 aliphatic heterocycles. The highest BCUT2D eigenvalue weighted by molar-refractivity contribution is 6.64. The highest BCUT2D eigenvalue weighted by Gasteiger charge is 2.55. The van der Waals surface area contributed by atoms with Crippen LogP contribution in [0.1, 0.15) is 51.9 Å². The first kappa shape index (κ1) is 14.0. The zero-order valence-electron chi connectivity index (χ0n) is 12.7. The summed E-state index contributed by atoms with van der Waals surface area (Å²) in [6.45, 7) is 2.77. The fraction of sp³-hybridized carbons (Fsp3) is 0.882. The van der Waals surface area contributed by atoms with Crippen molar-refractivity contribution in [2.75, 3.05) is 6.54 Å². The second-order valence-corrected chi connectivity index (χ2v) is 8.58. The maximum atomic E-state index is 12.3. The quantitative estimate of drug-likeness (QED) is 0.751. The standard InChI is InChI=1S/C17H24ClNO2/c1-10(19-9-14(16(18)21)5-15(19)20)17-6-11-2-12(7-17)4-13(3-11)8-17/h10-14H,2-9H2,1H3/t10-,11?,12?,13?,14-,17?/m0/s1. The lowest BCUT2D eigenvalue weighted by Crippen LogP contribution is -2.56. The van der Waals surface area contributed by atoms with Crippen molar-refractivity contribution in [1.29, 1.82) is 0 Å². The lowest BCUT2D eigenvalue weighted by Gasteiger charge is -2.60. The Morgan fingerprint density at radius 2 is 1.71 bits per heavy atom. The van der Waals surface area contributed by atoms with Gasteiger partial charge in [-0.3, -0.25) is 9.59 Å². The molecule has 4 bridgehead atoms. The maximum absolute atomic E-state index is 12.3. The zero-order chi connectivity index (χ0) is 14.8. The summed E-state index contributed by atoms with van der Waals surface area (Å²) in [6.07, 6.45) is 8.46. The van der Waals surface area contributed by atoms with Gasteiger partial charge in [-0.2, -0.15) is 0 Å². The molecule has 0 aromatic rings. The van der Waals surface area contributed by atoms with E-state index in [-0.39, 0.29) is 23.1 Å². The molecular weight excluding hydrogens is 286 g/mol. The third kappa shape index (κ3) is 2.15. The number of likely N-dealkylation sites (tertiary alicyclic amines) is 1. The largest absolute Gasteiger partial charge is 0.339 e. The van der Waals surface area contributed by atoms with Crippen LogP contribution < -0.4 is 0 Å². The Labute approximate surface area is 131 Å². The molecule has 4 saturated carbocycles. The van der Waals surface area contributed by atoms with E-state index < -0.39 is 0 Å². The van der Waals surface area contributed by atoms with Gasteiger partial charge in [0.1, 0.15) is 0 Å². The van der Waals surface area contributed by atoms with E-state index in [1.165, 1.54) is 38.5 Å². The van der Waals surface area contributed by atoms with Crippen LogP contribution in [0.25, 0.3) is 0 Å². The van der Waals surface area contributed by atoms with E-state index in [2.05, 4.69) is 6.92 Å². The molecule has 0 unspecified atom stereocenters. The van der Waals surface area contributed by atoms with E-state index in [1.807, 2.05) is 4.90 Å². The molecule has 21 heavy (non-hydrogen) atoms. The Balaban J connectivity index is 1.56. The molecule has 0 aromatic carbocycles. The molecule has 0 spiro atoms. The number of hydrogen-bond acceptors (Lipinski definition) is 2. The third-order valence-electron chi connectivity index (χ3n) is 6.92. The number of carbonyl (C=O) groups excluding carboxylic acids is 2. The lowest BCUT2D eigenvalue weighted by molar-refractivity contribution is -0.140. The Bertz CT molecular complexity index is 454. The molecule has 0 N–H and O–H groups in total. The zero-order valence-corrected chi connectivity index (χ0v) is 13.4. The van der Waals surface area contributed by atoms with Gasteiger partial charge in [-0.05, 0) is 80.2 Å². The minimum Gasteiger partial charge on any atom is -0.339 e. The van der Waals surface area contributed by atoms with Crippen molar-refractivity contribution in [3.8, 4) is 0 Å². The Hall–Kier alpha value is -0.570. The highest BCUT2D eigenvalue weighted by atomic mass is 35.5. The fourth-order valence-electron chi connectivity index (χ4n) is 6.28. The van der Waals surface area contributed by atoms with E-state index in [1.54, 1.807) is 0 Å². The van der Waals surface area contributed by atoms with Crippen molar-refractivity contribution in [2.45, 2.75) is 57.9 Å². The van der Waals surface area contributed by atoms with Gasteiger partial charge in [0, 0.05) is 19.0 Å². The predicted octanol–water partition coefficient (Wildman–Crippen LogP) is 3.21. The minimum absolute atomic E-state index is 0.136. The van der Waals surface area contributed by atoms with Crippen molar-refractivity contribution < 1.29 is 9.59 Å². The van der Waals surface area contributed by atoms with Gasteiger partial charge in [0.25, 0.3) is 0 Å². The summed E-state index contributed by atoms with van der Waals surface area (Å²) in [6, 6.07) is 0.277. The van der Waals surface area contributed by atoms with Gasteiger partial charge in [-0.15, -0.1) is 0 Å². The van der Waals surface area contributed by atoms with Crippen molar-refractivity contribution in [3.05, 3.63) is 0 Å². The number of nitrogens with zero attached hydrogens (tertiary/aromatic N) is 1. The van der Waals surface area contributed by atoms with Crippen LogP contribution in [0.5, 0.6) is 0 Å². The van der Waals surface area contributed by atoms with Crippen LogP contribution in [0.4, 0.5) is 0 Å². The summed E-state index contributed by atoms with van der Waals surface area (Å²) in [7, 11) is 0. The average molecular weight is 310 g/mol. The maximum Gasteiger partial charge on any atom is 0.227 e. The van der Waals surface area contributed by atoms with Crippen molar-refractivity contribution in [3.63, 3.8) is 0 Å². The fourth-order valence-corrected chi connectivity index (χ4v) is 6.42. The van der Waals surface area contributed by atoms with Crippen LogP contribution in [0.15, 0.2) is 0 Å². The number of amides is 1. The Kier molecular flexibility index (Phi) is 3.15. The first-order valence-electron chi connectivity index (χ1n) is 8.45. The van der Waals surface area contributed by atoms with E-state index in [0.717, 1.165) is 17.8 Å². The van der Waals surface area contributed by atoms with Gasteiger partial charge in [-0.25, -0.2) is 0 Å². The third-order valence-corrected chi connectivity index (χ3v) is 7.23. The number of hydrogen-bond donors (Lipinski definition) is 0. The van der Waals surface area contributed by atoms with Crippen LogP contribution in [0, 0.1) is 29.1 Å². The number of carbonyl (C=O) groups is 2. The first-order chi connectivity index (χ1) is 9.97. The molecule has 2 atom stereocenters. The summed E-state index contributed by atoms with van der Waals surface area (Å²) in [5, 5.41) is -0.344. The molecule has 0 aromatic heterocycles. The molecular formula is C17H24ClNO2. The van der Waals surface area contributed by atoms with Gasteiger partial charge >= 0.3 is 0 Å². The van der Waals surface area contributed by atoms with Crippen LogP contribution in [-0.4, -0.2) is 28.6 Å². The second-order valence-electron chi connectivity index (χ2n) is 8.21. The molecule has 1 heterocycles. The minimum atomic E-state index is -0.344. The molecule has 4 heteroatoms. The number of halogens is 1. The van der Waals surface area contributed by atoms with E-state index in [9.17, 15) is 9.59 Å². The second kappa shape index (κ2) is 4.71. The van der Waals surface area contributed by atoms with E-state index in [4.69, 9.17) is 11.6 Å². The molecule has 4 aliphatic carbocycles. The van der Waals surface area contributed by atoms with Gasteiger partial charge in [-0.1, -0.05) is 0 Å². The van der Waals surface area contributed by atoms with Gasteiger partial charge in [0.2, 0.25) is 11.1 Å². The van der Waals surface area contributed by atoms with Gasteiger partial charge in [0.05, 0.1) is 5.92 Å². The van der Waals surface area contributed by atoms with Crippen molar-refractivity contribution in [2.24, 2.45) is 29.1 Å². The molecule has 5 rings (SSSR count). The van der Waals surface area contributed by atoms with Crippen LogP contribution in [0.3, 0.4) is 0 Å². The normalized spacial score (nSPS) is 46.2. The summed E-state index contributed by atoms with van der Waals surface area (Å²) in [5.74, 6) is 2.53. The highest BCUT2D eigenvalue weighted by Crippen LogP contribution is 2.62. The van der Waals surface area contributed by atoms with E-state index in [0.29, 0.717) is 18.4 Å². The summed E-state index contributed by atoms with van der Waals surface area (Å²) >= 11 is 5.62.